The first kappa shape index (κ1) is 30.1. The molecule has 1 aliphatic heterocycles. The van der Waals surface area contributed by atoms with Crippen molar-refractivity contribution in [2.75, 3.05) is 13.1 Å². The quantitative estimate of drug-likeness (QED) is 0.104. The predicted octanol–water partition coefficient (Wildman–Crippen LogP) is -0.495. The second kappa shape index (κ2) is 14.5. The number of hydrogen-bond donors (Lipinski definition) is 6. The van der Waals surface area contributed by atoms with Gasteiger partial charge in [0.15, 0.2) is 5.96 Å². The van der Waals surface area contributed by atoms with E-state index in [9.17, 15) is 24.3 Å². The average Bonchev–Trinajstić information content (AvgIpc) is 3.32. The lowest BCUT2D eigenvalue weighted by atomic mass is 9.95. The number of guanidine groups is 1. The highest BCUT2D eigenvalue weighted by Crippen LogP contribution is 2.20. The van der Waals surface area contributed by atoms with Gasteiger partial charge in [-0.05, 0) is 37.5 Å². The van der Waals surface area contributed by atoms with Gasteiger partial charge in [-0.3, -0.25) is 19.4 Å². The van der Waals surface area contributed by atoms with Crippen LogP contribution in [0.4, 0.5) is 0 Å². The number of nitrogens with one attached hydrogen (secondary N) is 2. The highest BCUT2D eigenvalue weighted by atomic mass is 16.4. The fourth-order valence-electron chi connectivity index (χ4n) is 3.97. The molecule has 12 heteroatoms. The molecule has 1 heterocycles. The molecule has 6 atom stereocenters. The Labute approximate surface area is 207 Å². The van der Waals surface area contributed by atoms with Crippen LogP contribution in [0, 0.1) is 11.8 Å². The number of nitrogens with two attached hydrogens (primary N) is 3. The minimum Gasteiger partial charge on any atom is -0.480 e. The van der Waals surface area contributed by atoms with Gasteiger partial charge in [0, 0.05) is 13.1 Å². The van der Waals surface area contributed by atoms with Gasteiger partial charge in [-0.15, -0.1) is 0 Å². The Bertz CT molecular complexity index is 771. The number of hydrogen-bond acceptors (Lipinski definition) is 6. The standard InChI is InChI=1S/C23H43N7O5/c1-5-13(3)17(24)19(31)29-18(14(4)6-2)20(32)28-15(9-7-11-27-23(25)26)21(33)30-12-8-10-16(30)22(34)35/h13-18H,5-12,24H2,1-4H3,(H,28,32)(H,29,31)(H,34,35)(H4,25,26,27). The topological polar surface area (TPSA) is 206 Å². The van der Waals surface area contributed by atoms with Crippen molar-refractivity contribution in [2.45, 2.75) is 90.4 Å². The average molecular weight is 498 g/mol. The highest BCUT2D eigenvalue weighted by molar-refractivity contribution is 5.94. The molecule has 35 heavy (non-hydrogen) atoms. The molecule has 6 unspecified atom stereocenters. The van der Waals surface area contributed by atoms with Crippen LogP contribution in [0.25, 0.3) is 0 Å². The zero-order valence-electron chi connectivity index (χ0n) is 21.3. The van der Waals surface area contributed by atoms with Crippen molar-refractivity contribution < 1.29 is 24.3 Å². The molecule has 0 aromatic heterocycles. The van der Waals surface area contributed by atoms with E-state index < -0.39 is 47.9 Å². The van der Waals surface area contributed by atoms with Gasteiger partial charge < -0.3 is 37.8 Å². The molecule has 0 aliphatic carbocycles. The van der Waals surface area contributed by atoms with Crippen LogP contribution in [0.5, 0.6) is 0 Å². The van der Waals surface area contributed by atoms with Crippen molar-refractivity contribution >= 4 is 29.7 Å². The number of aliphatic imine (C=N–C) groups is 1. The molecule has 1 aliphatic rings. The molecule has 0 spiro atoms. The lowest BCUT2D eigenvalue weighted by Gasteiger charge is -2.30. The van der Waals surface area contributed by atoms with E-state index >= 15 is 0 Å². The van der Waals surface area contributed by atoms with Crippen molar-refractivity contribution in [3.05, 3.63) is 0 Å². The Kier molecular flexibility index (Phi) is 12.5. The van der Waals surface area contributed by atoms with Crippen molar-refractivity contribution in [1.29, 1.82) is 0 Å². The summed E-state index contributed by atoms with van der Waals surface area (Å²) >= 11 is 0. The first-order valence-corrected chi connectivity index (χ1v) is 12.4. The Morgan fingerprint density at radius 3 is 2.23 bits per heavy atom. The first-order valence-electron chi connectivity index (χ1n) is 12.4. The van der Waals surface area contributed by atoms with Crippen LogP contribution in [0.3, 0.4) is 0 Å². The number of carbonyl (C=O) groups excluding carboxylic acids is 3. The van der Waals surface area contributed by atoms with Crippen LogP contribution in [0.15, 0.2) is 4.99 Å². The molecule has 0 saturated carbocycles. The molecule has 0 aromatic carbocycles. The normalized spacial score (nSPS) is 19.7. The van der Waals surface area contributed by atoms with E-state index in [2.05, 4.69) is 15.6 Å². The number of amides is 3. The van der Waals surface area contributed by atoms with E-state index in [1.807, 2.05) is 27.7 Å². The first-order chi connectivity index (χ1) is 16.4. The van der Waals surface area contributed by atoms with Gasteiger partial charge in [-0.2, -0.15) is 0 Å². The van der Waals surface area contributed by atoms with Gasteiger partial charge in [0.1, 0.15) is 18.1 Å². The molecule has 0 aromatic rings. The van der Waals surface area contributed by atoms with Gasteiger partial charge >= 0.3 is 5.97 Å². The van der Waals surface area contributed by atoms with Crippen LogP contribution in [0.1, 0.15) is 66.2 Å². The fraction of sp³-hybridized carbons (Fsp3) is 0.783. The molecular formula is C23H43N7O5. The summed E-state index contributed by atoms with van der Waals surface area (Å²) < 4.78 is 0. The molecule has 9 N–H and O–H groups in total. The number of carboxylic acids is 1. The molecular weight excluding hydrogens is 454 g/mol. The highest BCUT2D eigenvalue weighted by Gasteiger charge is 2.38. The van der Waals surface area contributed by atoms with E-state index in [0.717, 1.165) is 0 Å². The minimum absolute atomic E-state index is 0.0661. The number of carboxylic acid groups (broad SMARTS) is 1. The lowest BCUT2D eigenvalue weighted by molar-refractivity contribution is -0.149. The molecule has 200 valence electrons. The van der Waals surface area contributed by atoms with E-state index in [-0.39, 0.29) is 30.8 Å². The van der Waals surface area contributed by atoms with Crippen molar-refractivity contribution in [1.82, 2.24) is 15.5 Å². The number of carbonyl (C=O) groups is 4. The van der Waals surface area contributed by atoms with E-state index in [1.165, 1.54) is 4.90 Å². The summed E-state index contributed by atoms with van der Waals surface area (Å²) in [5, 5.41) is 15.0. The lowest BCUT2D eigenvalue weighted by Crippen LogP contribution is -2.59. The maximum absolute atomic E-state index is 13.3. The SMILES string of the molecule is CCC(C)C(N)C(=O)NC(C(=O)NC(CCCN=C(N)N)C(=O)N1CCCC1C(=O)O)C(C)CC. The largest absolute Gasteiger partial charge is 0.480 e. The van der Waals surface area contributed by atoms with Gasteiger partial charge in [-0.1, -0.05) is 40.5 Å². The summed E-state index contributed by atoms with van der Waals surface area (Å²) in [5.74, 6) is -2.87. The van der Waals surface area contributed by atoms with Gasteiger partial charge in [-0.25, -0.2) is 4.79 Å². The Morgan fingerprint density at radius 2 is 1.69 bits per heavy atom. The minimum atomic E-state index is -1.08. The van der Waals surface area contributed by atoms with Crippen LogP contribution in [-0.4, -0.2) is 76.9 Å². The third-order valence-corrected chi connectivity index (χ3v) is 6.73. The number of likely N-dealkylation sites (tertiary alicyclic amines) is 1. The summed E-state index contributed by atoms with van der Waals surface area (Å²) in [4.78, 5) is 56.1. The third kappa shape index (κ3) is 9.00. The van der Waals surface area contributed by atoms with Crippen LogP contribution >= 0.6 is 0 Å². The maximum Gasteiger partial charge on any atom is 0.326 e. The second-order valence-electron chi connectivity index (χ2n) is 9.32. The molecule has 3 amide bonds. The molecule has 1 fully saturated rings. The van der Waals surface area contributed by atoms with E-state index in [1.54, 1.807) is 0 Å². The van der Waals surface area contributed by atoms with Crippen LogP contribution in [-0.2, 0) is 19.2 Å². The van der Waals surface area contributed by atoms with Gasteiger partial charge in [0.25, 0.3) is 0 Å². The van der Waals surface area contributed by atoms with Crippen molar-refractivity contribution in [2.24, 2.45) is 34.0 Å². The summed E-state index contributed by atoms with van der Waals surface area (Å²) in [6.45, 7) is 8.06. The summed E-state index contributed by atoms with van der Waals surface area (Å²) in [7, 11) is 0. The number of rotatable bonds is 14. The molecule has 1 rings (SSSR count). The number of aliphatic carboxylic acids is 1. The van der Waals surface area contributed by atoms with Crippen molar-refractivity contribution in [3.8, 4) is 0 Å². The van der Waals surface area contributed by atoms with Crippen LogP contribution in [0.2, 0.25) is 0 Å². The fourth-order valence-corrected chi connectivity index (χ4v) is 3.97. The summed E-state index contributed by atoms with van der Waals surface area (Å²) in [6, 6.07) is -3.58. The summed E-state index contributed by atoms with van der Waals surface area (Å²) in [6.07, 6.45) is 2.83. The second-order valence-corrected chi connectivity index (χ2v) is 9.32. The van der Waals surface area contributed by atoms with Gasteiger partial charge in [0.2, 0.25) is 17.7 Å². The maximum atomic E-state index is 13.3. The predicted molar refractivity (Wildman–Crippen MR) is 133 cm³/mol. The smallest absolute Gasteiger partial charge is 0.326 e. The van der Waals surface area contributed by atoms with Gasteiger partial charge in [0.05, 0.1) is 6.04 Å². The third-order valence-electron chi connectivity index (χ3n) is 6.73. The summed E-state index contributed by atoms with van der Waals surface area (Å²) in [5.41, 5.74) is 16.8. The number of nitrogens with zero attached hydrogens (tertiary/aromatic N) is 2. The Morgan fingerprint density at radius 1 is 1.06 bits per heavy atom. The Hall–Kier alpha value is -2.89. The monoisotopic (exact) mass is 497 g/mol. The molecule has 0 bridgehead atoms. The van der Waals surface area contributed by atoms with E-state index in [0.29, 0.717) is 38.6 Å². The molecule has 0 radical (unpaired) electrons. The molecule has 12 nitrogen and oxygen atoms in total. The zero-order chi connectivity index (χ0) is 26.7. The van der Waals surface area contributed by atoms with Crippen LogP contribution < -0.4 is 27.8 Å². The Balaban J connectivity index is 3.08. The van der Waals surface area contributed by atoms with Crippen molar-refractivity contribution in [3.63, 3.8) is 0 Å². The van der Waals surface area contributed by atoms with E-state index in [4.69, 9.17) is 17.2 Å². The zero-order valence-corrected chi connectivity index (χ0v) is 21.3. The molecule has 1 saturated heterocycles.